The highest BCUT2D eigenvalue weighted by molar-refractivity contribution is 6.38. The van der Waals surface area contributed by atoms with E-state index in [1.54, 1.807) is 20.1 Å². The molecule has 0 spiro atoms. The SMILES string of the molecule is COc1c(Cl)c(C)c(Cl)c2c1[C@H]1c3c(O)c(C)cc(O)c3C[C@H]1C(C)(C)O2. The third kappa shape index (κ3) is 2.36. The Morgan fingerprint density at radius 1 is 1.15 bits per heavy atom. The lowest BCUT2D eigenvalue weighted by atomic mass is 9.73. The molecule has 2 aromatic carbocycles. The van der Waals surface area contributed by atoms with E-state index >= 15 is 0 Å². The predicted octanol–water partition coefficient (Wildman–Crippen LogP) is 5.51. The van der Waals surface area contributed by atoms with Crippen molar-refractivity contribution in [1.82, 2.24) is 0 Å². The van der Waals surface area contributed by atoms with Crippen molar-refractivity contribution in [3.05, 3.63) is 43.9 Å². The van der Waals surface area contributed by atoms with E-state index in [-0.39, 0.29) is 23.3 Å². The zero-order valence-corrected chi connectivity index (χ0v) is 17.4. The molecule has 1 aliphatic heterocycles. The van der Waals surface area contributed by atoms with E-state index in [2.05, 4.69) is 0 Å². The number of fused-ring (bicyclic) bond motifs is 5. The summed E-state index contributed by atoms with van der Waals surface area (Å²) in [7, 11) is 1.56. The van der Waals surface area contributed by atoms with Gasteiger partial charge in [0.05, 0.1) is 17.2 Å². The molecular weight excluding hydrogens is 387 g/mol. The zero-order chi connectivity index (χ0) is 19.8. The Morgan fingerprint density at radius 3 is 2.44 bits per heavy atom. The first kappa shape index (κ1) is 18.6. The molecule has 0 unspecified atom stereocenters. The molecule has 4 nitrogen and oxygen atoms in total. The Morgan fingerprint density at radius 2 is 1.81 bits per heavy atom. The van der Waals surface area contributed by atoms with Gasteiger partial charge in [0.2, 0.25) is 0 Å². The molecular formula is C21H22Cl2O4. The molecule has 0 bridgehead atoms. The van der Waals surface area contributed by atoms with Crippen molar-refractivity contribution >= 4 is 23.2 Å². The molecule has 0 fully saturated rings. The minimum Gasteiger partial charge on any atom is -0.508 e. The Bertz CT molecular complexity index is 981. The van der Waals surface area contributed by atoms with E-state index in [4.69, 9.17) is 32.7 Å². The van der Waals surface area contributed by atoms with Crippen LogP contribution in [0.15, 0.2) is 6.07 Å². The van der Waals surface area contributed by atoms with Gasteiger partial charge in [-0.15, -0.1) is 0 Å². The van der Waals surface area contributed by atoms with Crippen LogP contribution in [-0.4, -0.2) is 22.9 Å². The van der Waals surface area contributed by atoms with Crippen LogP contribution in [0, 0.1) is 19.8 Å². The van der Waals surface area contributed by atoms with Gasteiger partial charge in [-0.1, -0.05) is 23.2 Å². The van der Waals surface area contributed by atoms with Gasteiger partial charge in [-0.2, -0.15) is 0 Å². The van der Waals surface area contributed by atoms with E-state index in [0.717, 1.165) is 11.1 Å². The van der Waals surface area contributed by atoms with Crippen LogP contribution in [0.25, 0.3) is 0 Å². The van der Waals surface area contributed by atoms with E-state index in [0.29, 0.717) is 44.7 Å². The molecule has 0 amide bonds. The van der Waals surface area contributed by atoms with Gasteiger partial charge in [-0.3, -0.25) is 0 Å². The van der Waals surface area contributed by atoms with Gasteiger partial charge in [-0.25, -0.2) is 0 Å². The Balaban J connectivity index is 2.13. The Hall–Kier alpha value is -1.78. The lowest BCUT2D eigenvalue weighted by Crippen LogP contribution is -2.44. The second-order valence-electron chi connectivity index (χ2n) is 7.98. The van der Waals surface area contributed by atoms with Crippen LogP contribution < -0.4 is 9.47 Å². The van der Waals surface area contributed by atoms with Crippen molar-refractivity contribution in [2.24, 2.45) is 5.92 Å². The first-order valence-corrected chi connectivity index (χ1v) is 9.64. The number of methoxy groups -OCH3 is 1. The molecule has 2 aliphatic rings. The fourth-order valence-electron chi connectivity index (χ4n) is 4.63. The molecule has 1 heterocycles. The maximum atomic E-state index is 10.9. The van der Waals surface area contributed by atoms with Crippen molar-refractivity contribution in [1.29, 1.82) is 0 Å². The van der Waals surface area contributed by atoms with Gasteiger partial charge < -0.3 is 19.7 Å². The van der Waals surface area contributed by atoms with E-state index < -0.39 is 5.60 Å². The summed E-state index contributed by atoms with van der Waals surface area (Å²) in [5, 5.41) is 22.3. The number of benzene rings is 2. The van der Waals surface area contributed by atoms with Gasteiger partial charge in [0.15, 0.2) is 0 Å². The van der Waals surface area contributed by atoms with Gasteiger partial charge in [0.25, 0.3) is 0 Å². The summed E-state index contributed by atoms with van der Waals surface area (Å²) >= 11 is 13.2. The van der Waals surface area contributed by atoms with Gasteiger partial charge >= 0.3 is 0 Å². The molecule has 0 aromatic heterocycles. The largest absolute Gasteiger partial charge is 0.508 e. The number of rotatable bonds is 1. The van der Waals surface area contributed by atoms with Gasteiger partial charge in [-0.05, 0) is 51.3 Å². The van der Waals surface area contributed by atoms with Crippen molar-refractivity contribution in [3.8, 4) is 23.0 Å². The average molecular weight is 409 g/mol. The average Bonchev–Trinajstić information content (AvgIpc) is 3.02. The molecule has 0 saturated carbocycles. The standard InChI is InChI=1S/C21H22Cl2O4/c1-8-6-12(24)10-7-11-14(13(10)18(8)25)15-19(26-5)16(22)9(2)17(23)20(15)27-21(11,3)4/h6,11,14,24-25H,7H2,1-5H3/t11-,14-/m1/s1. The molecule has 4 rings (SSSR count). The number of hydrogen-bond acceptors (Lipinski definition) is 4. The third-order valence-corrected chi connectivity index (χ3v) is 6.98. The topological polar surface area (TPSA) is 58.9 Å². The molecule has 2 N–H and O–H groups in total. The van der Waals surface area contributed by atoms with Crippen LogP contribution in [0.3, 0.4) is 0 Å². The highest BCUT2D eigenvalue weighted by Gasteiger charge is 2.53. The summed E-state index contributed by atoms with van der Waals surface area (Å²) < 4.78 is 12.0. The second-order valence-corrected chi connectivity index (χ2v) is 8.73. The molecule has 2 atom stereocenters. The second kappa shape index (κ2) is 5.86. The summed E-state index contributed by atoms with van der Waals surface area (Å²) in [5.74, 6) is 1.17. The maximum absolute atomic E-state index is 10.9. The van der Waals surface area contributed by atoms with Crippen LogP contribution in [0.2, 0.25) is 10.0 Å². The number of ether oxygens (including phenoxy) is 2. The normalized spacial score (nSPS) is 21.9. The molecule has 6 heteroatoms. The maximum Gasteiger partial charge on any atom is 0.146 e. The predicted molar refractivity (Wildman–Crippen MR) is 106 cm³/mol. The summed E-state index contributed by atoms with van der Waals surface area (Å²) in [5.41, 5.74) is 2.95. The fraction of sp³-hybridized carbons (Fsp3) is 0.429. The zero-order valence-electron chi connectivity index (χ0n) is 15.9. The van der Waals surface area contributed by atoms with Crippen LogP contribution in [-0.2, 0) is 6.42 Å². The van der Waals surface area contributed by atoms with Crippen molar-refractivity contribution in [2.45, 2.75) is 45.6 Å². The molecule has 0 saturated heterocycles. The number of aromatic hydroxyl groups is 2. The number of phenols is 2. The Kier molecular flexibility index (Phi) is 4.03. The van der Waals surface area contributed by atoms with Crippen LogP contribution >= 0.6 is 23.2 Å². The molecule has 144 valence electrons. The monoisotopic (exact) mass is 408 g/mol. The van der Waals surface area contributed by atoms with Crippen LogP contribution in [0.4, 0.5) is 0 Å². The highest BCUT2D eigenvalue weighted by atomic mass is 35.5. The minimum atomic E-state index is -0.557. The minimum absolute atomic E-state index is 0.0117. The number of hydrogen-bond donors (Lipinski definition) is 2. The van der Waals surface area contributed by atoms with Gasteiger partial charge in [0.1, 0.15) is 28.6 Å². The lowest BCUT2D eigenvalue weighted by Gasteiger charge is -2.43. The summed E-state index contributed by atoms with van der Waals surface area (Å²) in [6, 6.07) is 1.60. The van der Waals surface area contributed by atoms with Gasteiger partial charge in [0, 0.05) is 28.5 Å². The van der Waals surface area contributed by atoms with Crippen molar-refractivity contribution in [3.63, 3.8) is 0 Å². The number of phenolic OH excluding ortho intramolecular Hbond substituents is 2. The van der Waals surface area contributed by atoms with Crippen molar-refractivity contribution < 1.29 is 19.7 Å². The van der Waals surface area contributed by atoms with Crippen molar-refractivity contribution in [2.75, 3.05) is 7.11 Å². The fourth-order valence-corrected chi connectivity index (χ4v) is 5.19. The Labute approximate surface area is 168 Å². The first-order valence-electron chi connectivity index (χ1n) is 8.88. The first-order chi connectivity index (χ1) is 12.6. The lowest BCUT2D eigenvalue weighted by molar-refractivity contribution is 0.0220. The molecule has 27 heavy (non-hydrogen) atoms. The summed E-state index contributed by atoms with van der Waals surface area (Å²) in [6.07, 6.45) is 0.582. The number of halogens is 2. The van der Waals surface area contributed by atoms with E-state index in [1.165, 1.54) is 0 Å². The number of aryl methyl sites for hydroxylation is 1. The van der Waals surface area contributed by atoms with Crippen LogP contribution in [0.5, 0.6) is 23.0 Å². The molecule has 2 aromatic rings. The highest BCUT2D eigenvalue weighted by Crippen LogP contribution is 2.62. The molecule has 1 aliphatic carbocycles. The summed E-state index contributed by atoms with van der Waals surface area (Å²) in [4.78, 5) is 0. The third-order valence-electron chi connectivity index (χ3n) is 6.07. The smallest absolute Gasteiger partial charge is 0.146 e. The molecule has 0 radical (unpaired) electrons. The summed E-state index contributed by atoms with van der Waals surface area (Å²) in [6.45, 7) is 7.62. The van der Waals surface area contributed by atoms with E-state index in [9.17, 15) is 10.2 Å². The quantitative estimate of drug-likeness (QED) is 0.611. The van der Waals surface area contributed by atoms with Crippen LogP contribution in [0.1, 0.15) is 47.6 Å². The van der Waals surface area contributed by atoms with E-state index in [1.807, 2.05) is 20.8 Å².